The van der Waals surface area contributed by atoms with Gasteiger partial charge in [-0.05, 0) is 48.3 Å². The fourth-order valence-corrected chi connectivity index (χ4v) is 3.35. The average Bonchev–Trinajstić information content (AvgIpc) is 2.87. The molecule has 3 nitrogen and oxygen atoms in total. The van der Waals surface area contributed by atoms with Crippen molar-refractivity contribution in [2.75, 3.05) is 0 Å². The monoisotopic (exact) mass is 306 g/mol. The number of aromatic amines is 1. The number of thiophene rings is 1. The molecule has 0 spiro atoms. The van der Waals surface area contributed by atoms with Gasteiger partial charge in [-0.15, -0.1) is 11.3 Å². The Morgan fingerprint density at radius 3 is 2.95 bits per heavy atom. The number of halogens is 1. The molecule has 1 aromatic carbocycles. The quantitative estimate of drug-likeness (QED) is 0.730. The van der Waals surface area contributed by atoms with E-state index in [0.717, 1.165) is 5.52 Å². The summed E-state index contributed by atoms with van der Waals surface area (Å²) in [5.41, 5.74) is 1.31. The van der Waals surface area contributed by atoms with E-state index in [1.54, 1.807) is 12.1 Å². The van der Waals surface area contributed by atoms with Gasteiger partial charge in [0.15, 0.2) is 4.77 Å². The van der Waals surface area contributed by atoms with E-state index in [4.69, 9.17) is 12.2 Å². The smallest absolute Gasteiger partial charge is 0.272 e. The van der Waals surface area contributed by atoms with Crippen LogP contribution in [0.25, 0.3) is 10.2 Å². The van der Waals surface area contributed by atoms with Gasteiger partial charge in [-0.25, -0.2) is 4.39 Å². The summed E-state index contributed by atoms with van der Waals surface area (Å²) >= 11 is 6.63. The van der Waals surface area contributed by atoms with Crippen LogP contribution in [0.3, 0.4) is 0 Å². The van der Waals surface area contributed by atoms with Gasteiger partial charge in [0.2, 0.25) is 0 Å². The largest absolute Gasteiger partial charge is 0.331 e. The van der Waals surface area contributed by atoms with Crippen LogP contribution in [-0.4, -0.2) is 9.55 Å². The van der Waals surface area contributed by atoms with Crippen molar-refractivity contribution in [3.8, 4) is 0 Å². The Hall–Kier alpha value is -1.79. The summed E-state index contributed by atoms with van der Waals surface area (Å²) in [5.74, 6) is -0.325. The van der Waals surface area contributed by atoms with Crippen molar-refractivity contribution in [2.45, 2.75) is 13.0 Å². The second kappa shape index (κ2) is 4.96. The van der Waals surface area contributed by atoms with E-state index in [2.05, 4.69) is 4.98 Å². The first kappa shape index (κ1) is 13.2. The molecule has 2 aromatic heterocycles. The van der Waals surface area contributed by atoms with Crippen molar-refractivity contribution >= 4 is 33.8 Å². The summed E-state index contributed by atoms with van der Waals surface area (Å²) in [5, 5.41) is 1.84. The lowest BCUT2D eigenvalue weighted by Crippen LogP contribution is -2.25. The molecule has 3 rings (SSSR count). The van der Waals surface area contributed by atoms with Gasteiger partial charge in [-0.1, -0.05) is 12.1 Å². The first-order valence-electron chi connectivity index (χ1n) is 6.05. The van der Waals surface area contributed by atoms with Gasteiger partial charge < -0.3 is 4.98 Å². The number of nitrogens with one attached hydrogen (secondary N) is 1. The minimum atomic E-state index is -0.326. The van der Waals surface area contributed by atoms with Crippen LogP contribution in [-0.2, 0) is 0 Å². The van der Waals surface area contributed by atoms with Crippen LogP contribution in [0.1, 0.15) is 18.5 Å². The zero-order chi connectivity index (χ0) is 14.3. The Labute approximate surface area is 123 Å². The number of rotatable bonds is 2. The third-order valence-electron chi connectivity index (χ3n) is 3.26. The maximum absolute atomic E-state index is 13.3. The van der Waals surface area contributed by atoms with E-state index in [-0.39, 0.29) is 17.4 Å². The molecule has 0 aliphatic carbocycles. The third-order valence-corrected chi connectivity index (χ3v) is 4.46. The van der Waals surface area contributed by atoms with Gasteiger partial charge >= 0.3 is 0 Å². The highest BCUT2D eigenvalue weighted by Crippen LogP contribution is 2.20. The number of hydrogen-bond donors (Lipinski definition) is 1. The zero-order valence-electron chi connectivity index (χ0n) is 10.6. The van der Waals surface area contributed by atoms with Crippen LogP contribution >= 0.6 is 23.6 Å². The predicted octanol–water partition coefficient (Wildman–Crippen LogP) is 3.87. The molecule has 0 fully saturated rings. The first-order valence-corrected chi connectivity index (χ1v) is 7.34. The van der Waals surface area contributed by atoms with Crippen molar-refractivity contribution in [1.82, 2.24) is 9.55 Å². The average molecular weight is 306 g/mol. The van der Waals surface area contributed by atoms with Gasteiger partial charge in [0.05, 0.1) is 11.6 Å². The highest BCUT2D eigenvalue weighted by Gasteiger charge is 2.14. The van der Waals surface area contributed by atoms with Crippen molar-refractivity contribution in [3.05, 3.63) is 62.2 Å². The standard InChI is InChI=1S/C14H11FN2OS2/c1-8(9-3-2-4-10(15)7-9)17-13(18)12-11(5-6-20-12)16-14(17)19/h2-8H,1H3,(H,16,19). The second-order valence-electron chi connectivity index (χ2n) is 4.50. The molecule has 0 saturated carbocycles. The number of benzene rings is 1. The van der Waals surface area contributed by atoms with E-state index in [1.165, 1.54) is 28.0 Å². The van der Waals surface area contributed by atoms with Crippen LogP contribution in [0.4, 0.5) is 4.39 Å². The molecule has 1 N–H and O–H groups in total. The van der Waals surface area contributed by atoms with Crippen LogP contribution < -0.4 is 5.56 Å². The SMILES string of the molecule is CC(c1cccc(F)c1)n1c(=S)[nH]c2ccsc2c1=O. The molecule has 1 unspecified atom stereocenters. The molecule has 20 heavy (non-hydrogen) atoms. The summed E-state index contributed by atoms with van der Waals surface area (Å²) in [7, 11) is 0. The molecule has 0 radical (unpaired) electrons. The van der Waals surface area contributed by atoms with Crippen molar-refractivity contribution in [1.29, 1.82) is 0 Å². The van der Waals surface area contributed by atoms with Crippen LogP contribution in [0.15, 0.2) is 40.5 Å². The van der Waals surface area contributed by atoms with E-state index in [9.17, 15) is 9.18 Å². The number of fused-ring (bicyclic) bond motifs is 1. The van der Waals surface area contributed by atoms with Gasteiger partial charge in [-0.2, -0.15) is 0 Å². The lowest BCUT2D eigenvalue weighted by Gasteiger charge is -2.15. The molecule has 0 amide bonds. The molecule has 0 saturated heterocycles. The van der Waals surface area contributed by atoms with Crippen LogP contribution in [0.5, 0.6) is 0 Å². The molecule has 2 heterocycles. The summed E-state index contributed by atoms with van der Waals surface area (Å²) in [6.45, 7) is 1.83. The normalized spacial score (nSPS) is 12.7. The van der Waals surface area contributed by atoms with Crippen LogP contribution in [0, 0.1) is 10.6 Å². The van der Waals surface area contributed by atoms with Crippen molar-refractivity contribution in [3.63, 3.8) is 0 Å². The second-order valence-corrected chi connectivity index (χ2v) is 5.80. The van der Waals surface area contributed by atoms with E-state index in [1.807, 2.05) is 18.4 Å². The van der Waals surface area contributed by atoms with E-state index < -0.39 is 0 Å². The van der Waals surface area contributed by atoms with Gasteiger partial charge in [-0.3, -0.25) is 9.36 Å². The Balaban J connectivity index is 2.24. The zero-order valence-corrected chi connectivity index (χ0v) is 12.2. The van der Waals surface area contributed by atoms with Crippen molar-refractivity contribution < 1.29 is 4.39 Å². The number of nitrogens with zero attached hydrogens (tertiary/aromatic N) is 1. The molecular weight excluding hydrogens is 295 g/mol. The van der Waals surface area contributed by atoms with Crippen LogP contribution in [0.2, 0.25) is 0 Å². The lowest BCUT2D eigenvalue weighted by molar-refractivity contribution is 0.584. The molecule has 0 aliphatic heterocycles. The molecule has 6 heteroatoms. The molecular formula is C14H11FN2OS2. The maximum Gasteiger partial charge on any atom is 0.272 e. The number of aromatic nitrogens is 2. The summed E-state index contributed by atoms with van der Waals surface area (Å²) in [6.07, 6.45) is 0. The fourth-order valence-electron chi connectivity index (χ4n) is 2.22. The molecule has 0 aliphatic rings. The summed E-state index contributed by atoms with van der Waals surface area (Å²) in [4.78, 5) is 15.5. The van der Waals surface area contributed by atoms with Gasteiger partial charge in [0, 0.05) is 0 Å². The Morgan fingerprint density at radius 2 is 2.20 bits per heavy atom. The van der Waals surface area contributed by atoms with Gasteiger partial charge in [0.1, 0.15) is 10.5 Å². The maximum atomic E-state index is 13.3. The van der Waals surface area contributed by atoms with Crippen molar-refractivity contribution in [2.24, 2.45) is 0 Å². The highest BCUT2D eigenvalue weighted by atomic mass is 32.1. The Kier molecular flexibility index (Phi) is 3.27. The molecule has 1 atom stereocenters. The van der Waals surface area contributed by atoms with E-state index in [0.29, 0.717) is 15.0 Å². The molecule has 3 aromatic rings. The van der Waals surface area contributed by atoms with Gasteiger partial charge in [0.25, 0.3) is 5.56 Å². The number of H-pyrrole nitrogens is 1. The molecule has 0 bridgehead atoms. The third kappa shape index (κ3) is 2.10. The summed E-state index contributed by atoms with van der Waals surface area (Å²) < 4.78 is 15.8. The highest BCUT2D eigenvalue weighted by molar-refractivity contribution is 7.71. The topological polar surface area (TPSA) is 37.8 Å². The first-order chi connectivity index (χ1) is 9.58. The lowest BCUT2D eigenvalue weighted by atomic mass is 10.1. The Bertz CT molecular complexity index is 894. The number of hydrogen-bond acceptors (Lipinski definition) is 3. The predicted molar refractivity (Wildman–Crippen MR) is 81.5 cm³/mol. The van der Waals surface area contributed by atoms with E-state index >= 15 is 0 Å². The minimum Gasteiger partial charge on any atom is -0.331 e. The summed E-state index contributed by atoms with van der Waals surface area (Å²) in [6, 6.07) is 7.71. The minimum absolute atomic E-state index is 0.143. The fraction of sp³-hybridized carbons (Fsp3) is 0.143. The Morgan fingerprint density at radius 1 is 1.40 bits per heavy atom. The molecule has 102 valence electrons.